The lowest BCUT2D eigenvalue weighted by Gasteiger charge is -2.05. The first kappa shape index (κ1) is 12.3. The third-order valence-corrected chi connectivity index (χ3v) is 2.89. The summed E-state index contributed by atoms with van der Waals surface area (Å²) in [6, 6.07) is 6.47. The highest BCUT2D eigenvalue weighted by molar-refractivity contribution is 7.89. The van der Waals surface area contributed by atoms with Gasteiger partial charge >= 0.3 is 0 Å². The summed E-state index contributed by atoms with van der Waals surface area (Å²) < 4.78 is 23.9. The molecule has 2 rings (SSSR count). The Morgan fingerprint density at radius 3 is 2.44 bits per heavy atom. The van der Waals surface area contributed by atoms with Crippen LogP contribution >= 0.6 is 0 Å². The van der Waals surface area contributed by atoms with Gasteiger partial charge in [0.15, 0.2) is 0 Å². The van der Waals surface area contributed by atoms with Crippen LogP contribution in [-0.4, -0.2) is 25.6 Å². The molecule has 1 heterocycles. The number of nitrogens with one attached hydrogen (secondary N) is 2. The van der Waals surface area contributed by atoms with Crippen LogP contribution in [0, 0.1) is 0 Å². The van der Waals surface area contributed by atoms with E-state index in [4.69, 9.17) is 0 Å². The van der Waals surface area contributed by atoms with E-state index in [0.717, 1.165) is 6.26 Å². The van der Waals surface area contributed by atoms with Gasteiger partial charge in [-0.15, -0.1) is 0 Å². The Morgan fingerprint density at radius 2 is 1.83 bits per heavy atom. The number of hydrogen-bond acceptors (Lipinski definition) is 4. The van der Waals surface area contributed by atoms with E-state index in [1.54, 1.807) is 24.3 Å². The monoisotopic (exact) mass is 266 g/mol. The second-order valence-electron chi connectivity index (χ2n) is 3.78. The molecule has 0 aliphatic heterocycles. The van der Waals surface area contributed by atoms with E-state index in [1.807, 2.05) is 4.72 Å². The highest BCUT2D eigenvalue weighted by Crippen LogP contribution is 2.14. The molecule has 94 valence electrons. The lowest BCUT2D eigenvalue weighted by atomic mass is 10.1. The number of aromatic amines is 1. The van der Waals surface area contributed by atoms with E-state index in [1.165, 1.54) is 6.20 Å². The molecular formula is C11H10N2O4S. The first-order valence-electron chi connectivity index (χ1n) is 5.01. The Bertz CT molecular complexity index is 777. The molecular weight excluding hydrogens is 256 g/mol. The number of H-pyrrole nitrogens is 1. The molecule has 18 heavy (non-hydrogen) atoms. The van der Waals surface area contributed by atoms with E-state index in [2.05, 4.69) is 4.98 Å². The minimum atomic E-state index is -3.64. The number of hydrogen-bond donors (Lipinski definition) is 2. The van der Waals surface area contributed by atoms with E-state index in [9.17, 15) is 18.0 Å². The summed E-state index contributed by atoms with van der Waals surface area (Å²) in [5.41, 5.74) is -0.225. The largest absolute Gasteiger partial charge is 0.328 e. The molecule has 0 saturated heterocycles. The van der Waals surface area contributed by atoms with Crippen molar-refractivity contribution in [2.24, 2.45) is 0 Å². The van der Waals surface area contributed by atoms with Crippen molar-refractivity contribution in [2.75, 3.05) is 6.26 Å². The molecule has 0 unspecified atom stereocenters. The molecule has 2 aromatic rings. The zero-order chi connectivity index (χ0) is 13.3. The van der Waals surface area contributed by atoms with Crippen molar-refractivity contribution in [3.8, 4) is 0 Å². The Balaban J connectivity index is 2.63. The van der Waals surface area contributed by atoms with Crippen molar-refractivity contribution in [3.63, 3.8) is 0 Å². The summed E-state index contributed by atoms with van der Waals surface area (Å²) in [5.74, 6) is -0.773. The van der Waals surface area contributed by atoms with Crippen LogP contribution in [0.2, 0.25) is 0 Å². The maximum Gasteiger partial charge on any atom is 0.266 e. The smallest absolute Gasteiger partial charge is 0.266 e. The topological polar surface area (TPSA) is 96.1 Å². The number of benzene rings is 1. The molecule has 0 spiro atoms. The predicted molar refractivity (Wildman–Crippen MR) is 66.9 cm³/mol. The van der Waals surface area contributed by atoms with Crippen molar-refractivity contribution in [1.82, 2.24) is 9.71 Å². The quantitative estimate of drug-likeness (QED) is 0.812. The fourth-order valence-electron chi connectivity index (χ4n) is 1.62. The highest BCUT2D eigenvalue weighted by Gasteiger charge is 2.15. The number of pyridine rings is 1. The second kappa shape index (κ2) is 4.26. The van der Waals surface area contributed by atoms with Gasteiger partial charge in [0, 0.05) is 17.0 Å². The molecule has 0 aliphatic carbocycles. The minimum Gasteiger partial charge on any atom is -0.328 e. The third-order valence-electron chi connectivity index (χ3n) is 2.33. The van der Waals surface area contributed by atoms with Gasteiger partial charge < -0.3 is 4.98 Å². The molecule has 6 nitrogen and oxygen atoms in total. The first-order valence-corrected chi connectivity index (χ1v) is 6.90. The molecule has 0 saturated carbocycles. The van der Waals surface area contributed by atoms with Crippen molar-refractivity contribution in [1.29, 1.82) is 0 Å². The number of amides is 1. The van der Waals surface area contributed by atoms with Crippen molar-refractivity contribution in [3.05, 3.63) is 46.4 Å². The van der Waals surface area contributed by atoms with Crippen LogP contribution in [-0.2, 0) is 10.0 Å². The van der Waals surface area contributed by atoms with Gasteiger partial charge in [0.25, 0.3) is 11.5 Å². The first-order chi connectivity index (χ1) is 8.38. The lowest BCUT2D eigenvalue weighted by Crippen LogP contribution is -2.30. The Kier molecular flexibility index (Phi) is 2.92. The molecule has 0 radical (unpaired) electrons. The van der Waals surface area contributed by atoms with Crippen LogP contribution in [0.3, 0.4) is 0 Å². The molecule has 1 amide bonds. The summed E-state index contributed by atoms with van der Waals surface area (Å²) in [4.78, 5) is 25.7. The maximum atomic E-state index is 11.8. The average molecular weight is 266 g/mol. The Morgan fingerprint density at radius 1 is 1.22 bits per heavy atom. The molecule has 0 bridgehead atoms. The SMILES string of the molecule is CS(=O)(=O)NC(=O)c1c[nH]c(=O)c2ccccc12. The zero-order valence-electron chi connectivity index (χ0n) is 9.43. The predicted octanol–water partition coefficient (Wildman–Crippen LogP) is 0.217. The van der Waals surface area contributed by atoms with Gasteiger partial charge in [-0.1, -0.05) is 18.2 Å². The lowest BCUT2D eigenvalue weighted by molar-refractivity contribution is 0.0983. The molecule has 7 heteroatoms. The van der Waals surface area contributed by atoms with E-state index in [-0.39, 0.29) is 11.1 Å². The highest BCUT2D eigenvalue weighted by atomic mass is 32.2. The van der Waals surface area contributed by atoms with Crippen LogP contribution in [0.5, 0.6) is 0 Å². The number of rotatable bonds is 2. The van der Waals surface area contributed by atoms with Gasteiger partial charge in [0.1, 0.15) is 0 Å². The minimum absolute atomic E-state index is 0.107. The summed E-state index contributed by atoms with van der Waals surface area (Å²) >= 11 is 0. The van der Waals surface area contributed by atoms with Crippen molar-refractivity contribution < 1.29 is 13.2 Å². The van der Waals surface area contributed by atoms with Crippen LogP contribution in [0.1, 0.15) is 10.4 Å². The second-order valence-corrected chi connectivity index (χ2v) is 5.53. The van der Waals surface area contributed by atoms with Gasteiger partial charge in [0.05, 0.1) is 11.8 Å². The van der Waals surface area contributed by atoms with Crippen LogP contribution in [0.4, 0.5) is 0 Å². The van der Waals surface area contributed by atoms with E-state index < -0.39 is 15.9 Å². The van der Waals surface area contributed by atoms with Gasteiger partial charge in [0.2, 0.25) is 10.0 Å². The fourth-order valence-corrected chi connectivity index (χ4v) is 2.07. The average Bonchev–Trinajstić information content (AvgIpc) is 2.27. The zero-order valence-corrected chi connectivity index (χ0v) is 10.2. The number of aromatic nitrogens is 1. The number of fused-ring (bicyclic) bond motifs is 1. The van der Waals surface area contributed by atoms with Gasteiger partial charge in [-0.3, -0.25) is 9.59 Å². The fraction of sp³-hybridized carbons (Fsp3) is 0.0909. The van der Waals surface area contributed by atoms with Gasteiger partial charge in [-0.25, -0.2) is 13.1 Å². The van der Waals surface area contributed by atoms with Crippen LogP contribution < -0.4 is 10.3 Å². The molecule has 1 aromatic carbocycles. The summed E-state index contributed by atoms with van der Waals surface area (Å²) in [6.45, 7) is 0. The molecule has 0 aliphatic rings. The summed E-state index contributed by atoms with van der Waals surface area (Å²) in [6.07, 6.45) is 2.09. The summed E-state index contributed by atoms with van der Waals surface area (Å²) in [5, 5.41) is 0.737. The third kappa shape index (κ3) is 2.40. The van der Waals surface area contributed by atoms with Gasteiger partial charge in [-0.05, 0) is 6.07 Å². The number of carbonyl (C=O) groups excluding carboxylic acids is 1. The normalized spacial score (nSPS) is 11.4. The van der Waals surface area contributed by atoms with E-state index >= 15 is 0 Å². The molecule has 0 atom stereocenters. The van der Waals surface area contributed by atoms with Crippen LogP contribution in [0.25, 0.3) is 10.8 Å². The standard InChI is InChI=1S/C11H10N2O4S/c1-18(16,17)13-11(15)9-6-12-10(14)8-5-3-2-4-7(8)9/h2-6H,1H3,(H,12,14)(H,13,15). The summed E-state index contributed by atoms with van der Waals surface area (Å²) in [7, 11) is -3.64. The Labute approximate surface area is 103 Å². The number of sulfonamides is 1. The van der Waals surface area contributed by atoms with Crippen molar-refractivity contribution in [2.45, 2.75) is 0 Å². The molecule has 1 aromatic heterocycles. The van der Waals surface area contributed by atoms with Gasteiger partial charge in [-0.2, -0.15) is 0 Å². The number of carbonyl (C=O) groups is 1. The Hall–Kier alpha value is -2.15. The maximum absolute atomic E-state index is 11.8. The molecule has 0 fully saturated rings. The van der Waals surface area contributed by atoms with Crippen molar-refractivity contribution >= 4 is 26.7 Å². The van der Waals surface area contributed by atoms with Crippen LogP contribution in [0.15, 0.2) is 35.3 Å². The molecule has 2 N–H and O–H groups in total. The van der Waals surface area contributed by atoms with E-state index in [0.29, 0.717) is 10.8 Å².